The molecule has 1 rings (SSSR count). The Kier molecular flexibility index (Phi) is 5.56. The largest absolute Gasteiger partial charge is 0.379 e. The molecule has 0 aromatic rings. The van der Waals surface area contributed by atoms with Crippen molar-refractivity contribution in [1.29, 1.82) is 0 Å². The van der Waals surface area contributed by atoms with Gasteiger partial charge >= 0.3 is 0 Å². The van der Waals surface area contributed by atoms with Crippen LogP contribution in [0.25, 0.3) is 0 Å². The molecule has 4 heteroatoms. The molecule has 0 saturated carbocycles. The molecule has 0 N–H and O–H groups in total. The highest BCUT2D eigenvalue weighted by Crippen LogP contribution is 2.09. The van der Waals surface area contributed by atoms with Crippen LogP contribution in [0.1, 0.15) is 32.6 Å². The molecule has 1 aliphatic rings. The highest BCUT2D eigenvalue weighted by Gasteiger charge is 2.20. The summed E-state index contributed by atoms with van der Waals surface area (Å²) in [4.78, 5) is 16.4. The van der Waals surface area contributed by atoms with Crippen LogP contribution in [0.5, 0.6) is 0 Å². The number of rotatable bonds is 7. The normalized spacial score (nSPS) is 16.6. The zero-order valence-corrected chi connectivity index (χ0v) is 8.83. The third-order valence-corrected chi connectivity index (χ3v) is 2.15. The summed E-state index contributed by atoms with van der Waals surface area (Å²) in [5.74, 6) is 0.0959. The molecule has 4 nitrogen and oxygen atoms in total. The minimum atomic E-state index is 0.0959. The van der Waals surface area contributed by atoms with Crippen molar-refractivity contribution in [3.8, 4) is 0 Å². The summed E-state index contributed by atoms with van der Waals surface area (Å²) in [6.07, 6.45) is 3.76. The van der Waals surface area contributed by atoms with Crippen LogP contribution in [0.2, 0.25) is 0 Å². The van der Waals surface area contributed by atoms with Gasteiger partial charge in [0.2, 0.25) is 5.91 Å². The average Bonchev–Trinajstić information content (AvgIpc) is 2.58. The lowest BCUT2D eigenvalue weighted by atomic mass is 10.4. The van der Waals surface area contributed by atoms with Gasteiger partial charge in [0, 0.05) is 19.6 Å². The monoisotopic (exact) mass is 201 g/mol. The molecule has 0 atom stereocenters. The summed E-state index contributed by atoms with van der Waals surface area (Å²) in [5.41, 5.74) is 0. The first kappa shape index (κ1) is 11.5. The first-order valence-corrected chi connectivity index (χ1v) is 5.35. The van der Waals surface area contributed by atoms with Gasteiger partial charge in [-0.25, -0.2) is 5.06 Å². The average molecular weight is 201 g/mol. The van der Waals surface area contributed by atoms with Crippen molar-refractivity contribution in [2.24, 2.45) is 0 Å². The smallest absolute Gasteiger partial charge is 0.246 e. The second-order valence-electron chi connectivity index (χ2n) is 3.40. The molecule has 0 radical (unpaired) electrons. The van der Waals surface area contributed by atoms with Gasteiger partial charge in [-0.3, -0.25) is 9.63 Å². The lowest BCUT2D eigenvalue weighted by Crippen LogP contribution is -2.26. The van der Waals surface area contributed by atoms with Gasteiger partial charge in [-0.2, -0.15) is 0 Å². The van der Waals surface area contributed by atoms with Gasteiger partial charge in [-0.1, -0.05) is 13.3 Å². The summed E-state index contributed by atoms with van der Waals surface area (Å²) in [5, 5.41) is 1.45. The number of unbranched alkanes of at least 4 members (excludes halogenated alkanes) is 1. The molecule has 1 aliphatic heterocycles. The number of hydroxylamine groups is 2. The Bertz CT molecular complexity index is 173. The molecular formula is C10H19NO3. The van der Waals surface area contributed by atoms with Crippen LogP contribution >= 0.6 is 0 Å². The van der Waals surface area contributed by atoms with Crippen LogP contribution in [-0.2, 0) is 14.4 Å². The van der Waals surface area contributed by atoms with Crippen LogP contribution in [0.15, 0.2) is 0 Å². The predicted octanol–water partition coefficient (Wildman–Crippen LogP) is 1.36. The standard InChI is InChI=1S/C10H19NO3/c1-2-3-7-13-8-9-14-11-6-4-5-10(11)12/h2-9H2,1H3. The van der Waals surface area contributed by atoms with E-state index in [9.17, 15) is 4.79 Å². The van der Waals surface area contributed by atoms with Crippen molar-refractivity contribution >= 4 is 5.91 Å². The molecule has 1 heterocycles. The SMILES string of the molecule is CCCCOCCON1CCCC1=O. The first-order chi connectivity index (χ1) is 6.84. The second-order valence-corrected chi connectivity index (χ2v) is 3.40. The molecular weight excluding hydrogens is 182 g/mol. The summed E-state index contributed by atoms with van der Waals surface area (Å²) in [6, 6.07) is 0. The molecule has 14 heavy (non-hydrogen) atoms. The topological polar surface area (TPSA) is 38.8 Å². The second kappa shape index (κ2) is 6.79. The predicted molar refractivity (Wildman–Crippen MR) is 52.6 cm³/mol. The van der Waals surface area contributed by atoms with E-state index >= 15 is 0 Å². The highest BCUT2D eigenvalue weighted by atomic mass is 16.7. The van der Waals surface area contributed by atoms with Crippen molar-refractivity contribution in [3.63, 3.8) is 0 Å². The fraction of sp³-hybridized carbons (Fsp3) is 0.900. The number of carbonyl (C=O) groups is 1. The zero-order valence-electron chi connectivity index (χ0n) is 8.83. The molecule has 0 spiro atoms. The molecule has 0 unspecified atom stereocenters. The van der Waals surface area contributed by atoms with Gasteiger partial charge in [0.15, 0.2) is 0 Å². The molecule has 0 aromatic carbocycles. The lowest BCUT2D eigenvalue weighted by Gasteiger charge is -2.14. The van der Waals surface area contributed by atoms with E-state index in [2.05, 4.69) is 6.92 Å². The van der Waals surface area contributed by atoms with E-state index in [0.717, 1.165) is 32.4 Å². The van der Waals surface area contributed by atoms with E-state index < -0.39 is 0 Å². The molecule has 1 amide bonds. The van der Waals surface area contributed by atoms with Gasteiger partial charge in [0.1, 0.15) is 0 Å². The van der Waals surface area contributed by atoms with Crippen LogP contribution in [0.3, 0.4) is 0 Å². The van der Waals surface area contributed by atoms with Crippen LogP contribution in [0.4, 0.5) is 0 Å². The molecule has 82 valence electrons. The van der Waals surface area contributed by atoms with Crippen LogP contribution < -0.4 is 0 Å². The Morgan fingerprint density at radius 2 is 2.21 bits per heavy atom. The van der Waals surface area contributed by atoms with Gasteiger partial charge in [-0.15, -0.1) is 0 Å². The fourth-order valence-electron chi connectivity index (χ4n) is 1.31. The van der Waals surface area contributed by atoms with Crippen LogP contribution in [-0.4, -0.2) is 37.3 Å². The maximum absolute atomic E-state index is 11.1. The lowest BCUT2D eigenvalue weighted by molar-refractivity contribution is -0.181. The van der Waals surface area contributed by atoms with Crippen molar-refractivity contribution in [2.45, 2.75) is 32.6 Å². The summed E-state index contributed by atoms with van der Waals surface area (Å²) in [6.45, 7) is 4.70. The third-order valence-electron chi connectivity index (χ3n) is 2.15. The molecule has 0 bridgehead atoms. The van der Waals surface area contributed by atoms with E-state index in [4.69, 9.17) is 9.57 Å². The Morgan fingerprint density at radius 3 is 2.86 bits per heavy atom. The van der Waals surface area contributed by atoms with E-state index in [0.29, 0.717) is 19.6 Å². The minimum absolute atomic E-state index is 0.0959. The minimum Gasteiger partial charge on any atom is -0.379 e. The molecule has 0 aromatic heterocycles. The summed E-state index contributed by atoms with van der Waals surface area (Å²) < 4.78 is 5.31. The number of ether oxygens (including phenoxy) is 1. The number of amides is 1. The molecule has 1 saturated heterocycles. The third kappa shape index (κ3) is 4.07. The number of hydrogen-bond donors (Lipinski definition) is 0. The van der Waals surface area contributed by atoms with E-state index in [1.807, 2.05) is 0 Å². The fourth-order valence-corrected chi connectivity index (χ4v) is 1.31. The maximum Gasteiger partial charge on any atom is 0.246 e. The Labute approximate surface area is 85.1 Å². The Hall–Kier alpha value is -0.610. The van der Waals surface area contributed by atoms with Gasteiger partial charge in [0.05, 0.1) is 13.2 Å². The van der Waals surface area contributed by atoms with E-state index in [-0.39, 0.29) is 5.91 Å². The van der Waals surface area contributed by atoms with E-state index in [1.54, 1.807) is 0 Å². The van der Waals surface area contributed by atoms with Gasteiger partial charge in [0.25, 0.3) is 0 Å². The van der Waals surface area contributed by atoms with E-state index in [1.165, 1.54) is 5.06 Å². The van der Waals surface area contributed by atoms with Gasteiger partial charge < -0.3 is 4.74 Å². The maximum atomic E-state index is 11.1. The van der Waals surface area contributed by atoms with Crippen molar-refractivity contribution in [3.05, 3.63) is 0 Å². The Balaban J connectivity index is 1.90. The number of nitrogens with zero attached hydrogens (tertiary/aromatic N) is 1. The first-order valence-electron chi connectivity index (χ1n) is 5.35. The highest BCUT2D eigenvalue weighted by molar-refractivity contribution is 5.76. The van der Waals surface area contributed by atoms with Gasteiger partial charge in [-0.05, 0) is 12.8 Å². The molecule has 0 aliphatic carbocycles. The quantitative estimate of drug-likeness (QED) is 0.584. The molecule has 1 fully saturated rings. The van der Waals surface area contributed by atoms with Crippen molar-refractivity contribution < 1.29 is 14.4 Å². The van der Waals surface area contributed by atoms with Crippen LogP contribution in [0, 0.1) is 0 Å². The summed E-state index contributed by atoms with van der Waals surface area (Å²) >= 11 is 0. The Morgan fingerprint density at radius 1 is 1.36 bits per heavy atom. The summed E-state index contributed by atoms with van der Waals surface area (Å²) in [7, 11) is 0. The number of carbonyl (C=O) groups excluding carboxylic acids is 1. The van der Waals surface area contributed by atoms with Crippen molar-refractivity contribution in [2.75, 3.05) is 26.4 Å². The van der Waals surface area contributed by atoms with Crippen molar-refractivity contribution in [1.82, 2.24) is 5.06 Å². The number of hydrogen-bond acceptors (Lipinski definition) is 3. The zero-order chi connectivity index (χ0) is 10.2.